The van der Waals surface area contributed by atoms with Crippen molar-refractivity contribution in [2.45, 2.75) is 6.92 Å². The second kappa shape index (κ2) is 4.42. The summed E-state index contributed by atoms with van der Waals surface area (Å²) in [6.45, 7) is 2.38. The van der Waals surface area contributed by atoms with Crippen LogP contribution in [0, 0.1) is 17.2 Å². The zero-order valence-electron chi connectivity index (χ0n) is 6.50. The van der Waals surface area contributed by atoms with Gasteiger partial charge in [0.2, 0.25) is 0 Å². The molecule has 0 amide bonds. The minimum Gasteiger partial charge on any atom is -0.243 e. The van der Waals surface area contributed by atoms with Gasteiger partial charge in [-0.1, -0.05) is 0 Å². The summed E-state index contributed by atoms with van der Waals surface area (Å²) >= 11 is 0. The van der Waals surface area contributed by atoms with Gasteiger partial charge in [0.05, 0.1) is 23.0 Å². The first kappa shape index (κ1) is 9.60. The predicted molar refractivity (Wildman–Crippen MR) is 41.5 cm³/mol. The van der Waals surface area contributed by atoms with Crippen molar-refractivity contribution in [2.24, 2.45) is 5.92 Å². The number of hydrogen-bond donors (Lipinski definition) is 0. The summed E-state index contributed by atoms with van der Waals surface area (Å²) in [6.07, 6.45) is 1.60. The Morgan fingerprint density at radius 3 is 2.60 bits per heavy atom. The van der Waals surface area contributed by atoms with Crippen molar-refractivity contribution in [1.29, 1.82) is 5.26 Å². The molecule has 0 aromatic rings. The molecule has 2 atom stereocenters. The molecule has 0 aliphatic heterocycles. The van der Waals surface area contributed by atoms with Crippen molar-refractivity contribution in [2.75, 3.05) is 19.8 Å². The molecule has 0 radical (unpaired) electrons. The van der Waals surface area contributed by atoms with Crippen LogP contribution in [0.15, 0.2) is 0 Å². The lowest BCUT2D eigenvalue weighted by Crippen LogP contribution is -2.24. The maximum atomic E-state index is 10.7. The van der Waals surface area contributed by atoms with E-state index in [9.17, 15) is 4.21 Å². The van der Waals surface area contributed by atoms with Crippen LogP contribution in [-0.2, 0) is 11.0 Å². The Morgan fingerprint density at radius 2 is 2.30 bits per heavy atom. The molecule has 4 heteroatoms. The molecule has 0 saturated carbocycles. The zero-order chi connectivity index (χ0) is 8.15. The van der Waals surface area contributed by atoms with E-state index in [1.807, 2.05) is 6.92 Å². The van der Waals surface area contributed by atoms with E-state index in [-0.39, 0.29) is 5.92 Å². The topological polar surface area (TPSA) is 44.1 Å². The molecule has 58 valence electrons. The van der Waals surface area contributed by atoms with E-state index < -0.39 is 11.0 Å². The number of nitrogens with zero attached hydrogens (tertiary/aromatic N) is 2. The molecule has 0 N–H and O–H groups in total. The summed E-state index contributed by atoms with van der Waals surface area (Å²) in [7, 11) is 0.790. The van der Waals surface area contributed by atoms with Crippen molar-refractivity contribution >= 4 is 11.0 Å². The third-order valence-electron chi connectivity index (χ3n) is 1.19. The van der Waals surface area contributed by atoms with E-state index in [0.717, 1.165) is 0 Å². The summed E-state index contributed by atoms with van der Waals surface area (Å²) in [6, 6.07) is 2.07. The van der Waals surface area contributed by atoms with Gasteiger partial charge in [0.25, 0.3) is 0 Å². The van der Waals surface area contributed by atoms with Crippen molar-refractivity contribution in [3.8, 4) is 6.07 Å². The van der Waals surface area contributed by atoms with E-state index in [2.05, 4.69) is 6.07 Å². The quantitative estimate of drug-likeness (QED) is 0.598. The van der Waals surface area contributed by atoms with Crippen LogP contribution in [-0.4, -0.2) is 28.4 Å². The van der Waals surface area contributed by atoms with Crippen LogP contribution >= 0.6 is 0 Å². The van der Waals surface area contributed by atoms with E-state index in [4.69, 9.17) is 5.26 Å². The lowest BCUT2D eigenvalue weighted by Gasteiger charge is -2.12. The predicted octanol–water partition coefficient (Wildman–Crippen LogP) is 0.371. The van der Waals surface area contributed by atoms with Gasteiger partial charge >= 0.3 is 0 Å². The van der Waals surface area contributed by atoms with E-state index in [1.54, 1.807) is 17.6 Å². The normalized spacial score (nSPS) is 16.3. The molecule has 0 rings (SSSR count). The molecular formula is C6H12N2OS. The van der Waals surface area contributed by atoms with Crippen LogP contribution < -0.4 is 0 Å². The first-order valence-corrected chi connectivity index (χ1v) is 4.53. The van der Waals surface area contributed by atoms with Crippen molar-refractivity contribution in [3.05, 3.63) is 0 Å². The SMILES string of the molecule is CC(C#N)CN(C)S(C)=O. The van der Waals surface area contributed by atoms with E-state index in [0.29, 0.717) is 6.54 Å². The summed E-state index contributed by atoms with van der Waals surface area (Å²) in [5.74, 6) is -0.0473. The van der Waals surface area contributed by atoms with E-state index in [1.165, 1.54) is 0 Å². The summed E-state index contributed by atoms with van der Waals surface area (Å²) in [5, 5.41) is 8.39. The van der Waals surface area contributed by atoms with Gasteiger partial charge in [-0.15, -0.1) is 0 Å². The van der Waals surface area contributed by atoms with Crippen LogP contribution in [0.3, 0.4) is 0 Å². The van der Waals surface area contributed by atoms with Gasteiger partial charge in [0.15, 0.2) is 0 Å². The smallest absolute Gasteiger partial charge is 0.0908 e. The second-order valence-electron chi connectivity index (χ2n) is 2.26. The van der Waals surface area contributed by atoms with Gasteiger partial charge in [-0.2, -0.15) is 5.26 Å². The first-order valence-electron chi connectivity index (χ1n) is 3.02. The highest BCUT2D eigenvalue weighted by Crippen LogP contribution is 1.96. The fourth-order valence-corrected chi connectivity index (χ4v) is 0.965. The molecule has 3 nitrogen and oxygen atoms in total. The number of rotatable bonds is 3. The highest BCUT2D eigenvalue weighted by molar-refractivity contribution is 7.81. The van der Waals surface area contributed by atoms with Crippen LogP contribution in [0.2, 0.25) is 0 Å². The lowest BCUT2D eigenvalue weighted by molar-refractivity contribution is 0.478. The zero-order valence-corrected chi connectivity index (χ0v) is 7.31. The molecule has 0 aliphatic carbocycles. The highest BCUT2D eigenvalue weighted by Gasteiger charge is 2.06. The van der Waals surface area contributed by atoms with Crippen molar-refractivity contribution < 1.29 is 4.21 Å². The molecule has 10 heavy (non-hydrogen) atoms. The van der Waals surface area contributed by atoms with Crippen molar-refractivity contribution in [1.82, 2.24) is 4.31 Å². The third kappa shape index (κ3) is 3.59. The fourth-order valence-electron chi connectivity index (χ4n) is 0.531. The lowest BCUT2D eigenvalue weighted by atomic mass is 10.2. The Kier molecular flexibility index (Phi) is 4.24. The van der Waals surface area contributed by atoms with Gasteiger partial charge in [0.1, 0.15) is 0 Å². The minimum atomic E-state index is -0.950. The monoisotopic (exact) mass is 160 g/mol. The average molecular weight is 160 g/mol. The van der Waals surface area contributed by atoms with E-state index >= 15 is 0 Å². The van der Waals surface area contributed by atoms with Crippen LogP contribution in [0.5, 0.6) is 0 Å². The minimum absolute atomic E-state index is 0.0473. The first-order chi connectivity index (χ1) is 4.57. The standard InChI is InChI=1S/C6H12N2OS/c1-6(4-7)5-8(2)10(3)9/h6H,5H2,1-3H3. The summed E-state index contributed by atoms with van der Waals surface area (Å²) < 4.78 is 12.4. The molecule has 0 fully saturated rings. The largest absolute Gasteiger partial charge is 0.243 e. The molecule has 0 heterocycles. The van der Waals surface area contributed by atoms with Gasteiger partial charge in [-0.05, 0) is 14.0 Å². The molecule has 0 spiro atoms. The van der Waals surface area contributed by atoms with Crippen LogP contribution in [0.4, 0.5) is 0 Å². The molecule has 0 aromatic carbocycles. The highest BCUT2D eigenvalue weighted by atomic mass is 32.2. The Labute approximate surface area is 64.2 Å². The Bertz CT molecular complexity index is 164. The Hall–Kier alpha value is -0.400. The number of nitriles is 1. The second-order valence-corrected chi connectivity index (χ2v) is 3.74. The fraction of sp³-hybridized carbons (Fsp3) is 0.833. The van der Waals surface area contributed by atoms with Crippen LogP contribution in [0.25, 0.3) is 0 Å². The van der Waals surface area contributed by atoms with Gasteiger partial charge in [0, 0.05) is 12.8 Å². The van der Waals surface area contributed by atoms with Gasteiger partial charge in [-0.3, -0.25) is 0 Å². The molecule has 0 bridgehead atoms. The Balaban J connectivity index is 3.70. The number of hydrogen-bond acceptors (Lipinski definition) is 2. The molecule has 0 saturated heterocycles. The third-order valence-corrected chi connectivity index (χ3v) is 2.22. The molecular weight excluding hydrogens is 148 g/mol. The Morgan fingerprint density at radius 1 is 1.80 bits per heavy atom. The van der Waals surface area contributed by atoms with Gasteiger partial charge < -0.3 is 0 Å². The average Bonchev–Trinajstić information content (AvgIpc) is 1.87. The maximum Gasteiger partial charge on any atom is 0.0908 e. The molecule has 0 aliphatic rings. The molecule has 2 unspecified atom stereocenters. The summed E-state index contributed by atoms with van der Waals surface area (Å²) in [5.41, 5.74) is 0. The maximum absolute atomic E-state index is 10.7. The van der Waals surface area contributed by atoms with Crippen molar-refractivity contribution in [3.63, 3.8) is 0 Å². The van der Waals surface area contributed by atoms with Gasteiger partial charge in [-0.25, -0.2) is 8.51 Å². The van der Waals surface area contributed by atoms with Crippen LogP contribution in [0.1, 0.15) is 6.92 Å². The molecule has 0 aromatic heterocycles. The summed E-state index contributed by atoms with van der Waals surface area (Å²) in [4.78, 5) is 0.